The van der Waals surface area contributed by atoms with Crippen LogP contribution in [-0.2, 0) is 9.59 Å². The first-order valence-corrected chi connectivity index (χ1v) is 8.50. The van der Waals surface area contributed by atoms with Gasteiger partial charge in [-0.2, -0.15) is 5.26 Å². The number of amides is 2. The van der Waals surface area contributed by atoms with Crippen LogP contribution in [0.15, 0.2) is 42.0 Å². The number of nitrogens with two attached hydrogens (primary N) is 1. The SMILES string of the molecule is COc1cc(C=C(C#N)C(=O)Nc2ccc(C)c(Cl)c2)ccc1OCC(N)=O. The molecule has 8 heteroatoms. The maximum Gasteiger partial charge on any atom is 0.266 e. The molecule has 0 atom stereocenters. The van der Waals surface area contributed by atoms with E-state index < -0.39 is 11.8 Å². The largest absolute Gasteiger partial charge is 0.493 e. The van der Waals surface area contributed by atoms with E-state index in [4.69, 9.17) is 26.8 Å². The summed E-state index contributed by atoms with van der Waals surface area (Å²) in [5.41, 5.74) is 6.85. The highest BCUT2D eigenvalue weighted by atomic mass is 35.5. The fourth-order valence-electron chi connectivity index (χ4n) is 2.23. The van der Waals surface area contributed by atoms with Crippen molar-refractivity contribution in [2.45, 2.75) is 6.92 Å². The Hall–Kier alpha value is -3.50. The Labute approximate surface area is 167 Å². The Morgan fingerprint density at radius 1 is 1.25 bits per heavy atom. The molecule has 0 unspecified atom stereocenters. The number of nitrogens with one attached hydrogen (secondary N) is 1. The number of nitriles is 1. The molecule has 144 valence electrons. The standard InChI is InChI=1S/C20H18ClN3O4/c1-12-3-5-15(9-16(12)21)24-20(26)14(10-22)7-13-4-6-17(18(8-13)27-2)28-11-19(23)25/h3-9H,11H2,1-2H3,(H2,23,25)(H,24,26). The van der Waals surface area contributed by atoms with Crippen molar-refractivity contribution in [2.24, 2.45) is 5.73 Å². The molecule has 0 saturated heterocycles. The van der Waals surface area contributed by atoms with Crippen LogP contribution in [0.5, 0.6) is 11.5 Å². The third-order valence-electron chi connectivity index (χ3n) is 3.66. The topological polar surface area (TPSA) is 114 Å². The van der Waals surface area contributed by atoms with Crippen LogP contribution < -0.4 is 20.5 Å². The summed E-state index contributed by atoms with van der Waals surface area (Å²) in [7, 11) is 1.43. The molecule has 0 aliphatic rings. The molecule has 28 heavy (non-hydrogen) atoms. The predicted molar refractivity (Wildman–Crippen MR) is 106 cm³/mol. The number of methoxy groups -OCH3 is 1. The van der Waals surface area contributed by atoms with Gasteiger partial charge in [0, 0.05) is 10.7 Å². The van der Waals surface area contributed by atoms with Gasteiger partial charge in [-0.15, -0.1) is 0 Å². The Balaban J connectivity index is 2.22. The summed E-state index contributed by atoms with van der Waals surface area (Å²) in [4.78, 5) is 23.2. The Morgan fingerprint density at radius 3 is 2.61 bits per heavy atom. The molecule has 0 aliphatic heterocycles. The first kappa shape index (κ1) is 20.8. The highest BCUT2D eigenvalue weighted by Crippen LogP contribution is 2.29. The number of carbonyl (C=O) groups excluding carboxylic acids is 2. The van der Waals surface area contributed by atoms with Crippen LogP contribution in [0, 0.1) is 18.3 Å². The van der Waals surface area contributed by atoms with Crippen molar-refractivity contribution >= 4 is 35.2 Å². The number of anilines is 1. The number of benzene rings is 2. The average Bonchev–Trinajstić information content (AvgIpc) is 2.67. The van der Waals surface area contributed by atoms with Crippen LogP contribution in [0.25, 0.3) is 6.08 Å². The number of hydrogen-bond acceptors (Lipinski definition) is 5. The van der Waals surface area contributed by atoms with Crippen LogP contribution in [0.3, 0.4) is 0 Å². The van der Waals surface area contributed by atoms with Crippen molar-refractivity contribution in [3.8, 4) is 17.6 Å². The Kier molecular flexibility index (Phi) is 7.02. The number of halogens is 1. The summed E-state index contributed by atoms with van der Waals surface area (Å²) in [6, 6.07) is 11.7. The molecule has 2 aromatic carbocycles. The zero-order valence-corrected chi connectivity index (χ0v) is 16.0. The molecule has 0 spiro atoms. The maximum atomic E-state index is 12.4. The minimum Gasteiger partial charge on any atom is -0.493 e. The zero-order chi connectivity index (χ0) is 20.7. The van der Waals surface area contributed by atoms with Crippen molar-refractivity contribution in [3.05, 3.63) is 58.1 Å². The fraction of sp³-hybridized carbons (Fsp3) is 0.150. The minimum absolute atomic E-state index is 0.107. The third kappa shape index (κ3) is 5.50. The molecule has 0 bridgehead atoms. The summed E-state index contributed by atoms with van der Waals surface area (Å²) in [5, 5.41) is 12.5. The van der Waals surface area contributed by atoms with Crippen molar-refractivity contribution in [1.82, 2.24) is 0 Å². The van der Waals surface area contributed by atoms with Gasteiger partial charge in [0.25, 0.3) is 11.8 Å². The molecule has 2 rings (SSSR count). The van der Waals surface area contributed by atoms with Gasteiger partial charge in [0.1, 0.15) is 11.6 Å². The van der Waals surface area contributed by atoms with E-state index in [-0.39, 0.29) is 12.2 Å². The second kappa shape index (κ2) is 9.44. The van der Waals surface area contributed by atoms with Crippen molar-refractivity contribution in [2.75, 3.05) is 19.0 Å². The Morgan fingerprint density at radius 2 is 2.00 bits per heavy atom. The smallest absolute Gasteiger partial charge is 0.266 e. The van der Waals surface area contributed by atoms with E-state index in [1.165, 1.54) is 13.2 Å². The summed E-state index contributed by atoms with van der Waals surface area (Å²) in [6.45, 7) is 1.55. The summed E-state index contributed by atoms with van der Waals surface area (Å²) >= 11 is 6.05. The lowest BCUT2D eigenvalue weighted by molar-refractivity contribution is -0.120. The maximum absolute atomic E-state index is 12.4. The lowest BCUT2D eigenvalue weighted by Gasteiger charge is -2.10. The molecule has 2 aromatic rings. The summed E-state index contributed by atoms with van der Waals surface area (Å²) in [6.07, 6.45) is 1.41. The van der Waals surface area contributed by atoms with Crippen LogP contribution in [-0.4, -0.2) is 25.5 Å². The van der Waals surface area contributed by atoms with Gasteiger partial charge in [-0.05, 0) is 48.4 Å². The first-order chi connectivity index (χ1) is 13.3. The molecule has 0 radical (unpaired) electrons. The number of primary amides is 1. The van der Waals surface area contributed by atoms with E-state index in [9.17, 15) is 14.9 Å². The monoisotopic (exact) mass is 399 g/mol. The number of carbonyl (C=O) groups is 2. The van der Waals surface area contributed by atoms with Crippen LogP contribution in [0.4, 0.5) is 5.69 Å². The fourth-order valence-corrected chi connectivity index (χ4v) is 2.41. The number of nitrogens with zero attached hydrogens (tertiary/aromatic N) is 1. The van der Waals surface area contributed by atoms with Crippen LogP contribution in [0.2, 0.25) is 5.02 Å². The van der Waals surface area contributed by atoms with E-state index in [2.05, 4.69) is 5.32 Å². The van der Waals surface area contributed by atoms with E-state index in [1.807, 2.05) is 13.0 Å². The van der Waals surface area contributed by atoms with Gasteiger partial charge in [-0.1, -0.05) is 23.7 Å². The second-order valence-electron chi connectivity index (χ2n) is 5.75. The number of ether oxygens (including phenoxy) is 2. The van der Waals surface area contributed by atoms with Gasteiger partial charge in [0.05, 0.1) is 7.11 Å². The third-order valence-corrected chi connectivity index (χ3v) is 4.07. The molecule has 3 N–H and O–H groups in total. The lowest BCUT2D eigenvalue weighted by Crippen LogP contribution is -2.20. The van der Waals surface area contributed by atoms with E-state index >= 15 is 0 Å². The Bertz CT molecular complexity index is 980. The molecule has 0 heterocycles. The molecule has 0 fully saturated rings. The van der Waals surface area contributed by atoms with Gasteiger partial charge >= 0.3 is 0 Å². The number of hydrogen-bond donors (Lipinski definition) is 2. The molecule has 2 amide bonds. The average molecular weight is 400 g/mol. The van der Waals surface area contributed by atoms with Crippen LogP contribution >= 0.6 is 11.6 Å². The first-order valence-electron chi connectivity index (χ1n) is 8.12. The second-order valence-corrected chi connectivity index (χ2v) is 6.16. The molecular formula is C20H18ClN3O4. The predicted octanol–water partition coefficient (Wildman–Crippen LogP) is 3.07. The quantitative estimate of drug-likeness (QED) is 0.548. The normalized spacial score (nSPS) is 10.7. The number of rotatable bonds is 7. The highest BCUT2D eigenvalue weighted by Gasteiger charge is 2.12. The molecule has 0 aliphatic carbocycles. The summed E-state index contributed by atoms with van der Waals surface area (Å²) < 4.78 is 10.5. The molecule has 0 saturated carbocycles. The van der Waals surface area contributed by atoms with Gasteiger partial charge in [0.2, 0.25) is 0 Å². The van der Waals surface area contributed by atoms with Gasteiger partial charge < -0.3 is 20.5 Å². The van der Waals surface area contributed by atoms with Crippen molar-refractivity contribution in [1.29, 1.82) is 5.26 Å². The van der Waals surface area contributed by atoms with Gasteiger partial charge in [-0.3, -0.25) is 9.59 Å². The van der Waals surface area contributed by atoms with E-state index in [0.29, 0.717) is 27.8 Å². The highest BCUT2D eigenvalue weighted by molar-refractivity contribution is 6.31. The van der Waals surface area contributed by atoms with Crippen molar-refractivity contribution in [3.63, 3.8) is 0 Å². The minimum atomic E-state index is -0.620. The van der Waals surface area contributed by atoms with Gasteiger partial charge in [-0.25, -0.2) is 0 Å². The van der Waals surface area contributed by atoms with Crippen LogP contribution in [0.1, 0.15) is 11.1 Å². The molecular weight excluding hydrogens is 382 g/mol. The zero-order valence-electron chi connectivity index (χ0n) is 15.3. The molecule has 7 nitrogen and oxygen atoms in total. The summed E-state index contributed by atoms with van der Waals surface area (Å²) in [5.74, 6) is -0.546. The van der Waals surface area contributed by atoms with E-state index in [1.54, 1.807) is 36.4 Å². The van der Waals surface area contributed by atoms with Crippen molar-refractivity contribution < 1.29 is 19.1 Å². The van der Waals surface area contributed by atoms with Gasteiger partial charge in [0.15, 0.2) is 18.1 Å². The number of aryl methyl sites for hydroxylation is 1. The van der Waals surface area contributed by atoms with E-state index in [0.717, 1.165) is 5.56 Å². The lowest BCUT2D eigenvalue weighted by atomic mass is 10.1. The molecule has 0 aromatic heterocycles.